The summed E-state index contributed by atoms with van der Waals surface area (Å²) in [5, 5.41) is 10.3. The van der Waals surface area contributed by atoms with Gasteiger partial charge in [0, 0.05) is 5.56 Å². The summed E-state index contributed by atoms with van der Waals surface area (Å²) >= 11 is 23.8. The molecule has 9 heteroatoms. The second-order valence-electron chi connectivity index (χ2n) is 7.54. The minimum atomic E-state index is -1.68. The maximum atomic E-state index is 12.6. The van der Waals surface area contributed by atoms with Crippen molar-refractivity contribution in [3.8, 4) is 0 Å². The maximum Gasteiger partial charge on any atom is 1.00 e. The smallest absolute Gasteiger partial charge is 0.545 e. The summed E-state index contributed by atoms with van der Waals surface area (Å²) in [5.74, 6) is -2.04. The third kappa shape index (κ3) is 5.69. The Labute approximate surface area is 201 Å². The van der Waals surface area contributed by atoms with Crippen molar-refractivity contribution in [2.24, 2.45) is 11.3 Å². The van der Waals surface area contributed by atoms with Crippen LogP contribution in [0.2, 0.25) is 20.1 Å². The Kier molecular flexibility index (Phi) is 9.28. The van der Waals surface area contributed by atoms with Crippen LogP contribution in [0.4, 0.5) is 0 Å². The average molecular weight is 464 g/mol. The molecule has 0 heterocycles. The van der Waals surface area contributed by atoms with Gasteiger partial charge in [0.1, 0.15) is 6.10 Å². The van der Waals surface area contributed by atoms with Gasteiger partial charge in [-0.15, -0.1) is 0 Å². The zero-order valence-corrected chi connectivity index (χ0v) is 20.7. The number of rotatable bonds is 3. The van der Waals surface area contributed by atoms with Crippen molar-refractivity contribution in [1.82, 2.24) is 0 Å². The standard InChI is InChI=1S/C18H20Cl4O4.Na/c1-18(2,3)8-4-6-9(7-5-8)26-17(25)11-10(16(23)24)12(19)14(21)15(22)13(11)20;/h8-9H,4-7H2,1-3H3,(H,23,24);/q;+1/p-1. The van der Waals surface area contributed by atoms with Crippen molar-refractivity contribution < 1.29 is 49.0 Å². The van der Waals surface area contributed by atoms with Crippen molar-refractivity contribution in [3.63, 3.8) is 0 Å². The molecule has 0 bridgehead atoms. The third-order valence-electron chi connectivity index (χ3n) is 4.85. The molecule has 0 spiro atoms. The first-order valence-electron chi connectivity index (χ1n) is 8.23. The molecule has 1 aliphatic rings. The molecule has 0 radical (unpaired) electrons. The van der Waals surface area contributed by atoms with E-state index in [4.69, 9.17) is 51.1 Å². The molecule has 4 nitrogen and oxygen atoms in total. The van der Waals surface area contributed by atoms with Gasteiger partial charge in [0.05, 0.1) is 31.6 Å². The molecule has 2 rings (SSSR count). The fourth-order valence-electron chi connectivity index (χ4n) is 3.27. The number of carboxylic acids is 1. The fourth-order valence-corrected chi connectivity index (χ4v) is 4.28. The van der Waals surface area contributed by atoms with Crippen LogP contribution < -0.4 is 34.7 Å². The predicted molar refractivity (Wildman–Crippen MR) is 101 cm³/mol. The van der Waals surface area contributed by atoms with Gasteiger partial charge in [-0.3, -0.25) is 0 Å². The molecule has 0 N–H and O–H groups in total. The van der Waals surface area contributed by atoms with E-state index in [-0.39, 0.29) is 56.1 Å². The van der Waals surface area contributed by atoms with Gasteiger partial charge in [-0.1, -0.05) is 67.2 Å². The van der Waals surface area contributed by atoms with E-state index in [1.807, 2.05) is 0 Å². The van der Waals surface area contributed by atoms with Crippen molar-refractivity contribution in [1.29, 1.82) is 0 Å². The second kappa shape index (κ2) is 9.88. The van der Waals surface area contributed by atoms with Gasteiger partial charge in [0.15, 0.2) is 0 Å². The average Bonchev–Trinajstić information content (AvgIpc) is 2.55. The molecule has 0 amide bonds. The van der Waals surface area contributed by atoms with Crippen molar-refractivity contribution >= 4 is 58.3 Å². The van der Waals surface area contributed by atoms with Crippen LogP contribution in [-0.2, 0) is 4.74 Å². The fraction of sp³-hybridized carbons (Fsp3) is 0.556. The first-order chi connectivity index (χ1) is 11.9. The first kappa shape index (κ1) is 25.4. The van der Waals surface area contributed by atoms with Crippen LogP contribution in [0, 0.1) is 11.3 Å². The first-order valence-corrected chi connectivity index (χ1v) is 9.74. The van der Waals surface area contributed by atoms with Crippen LogP contribution in [-0.4, -0.2) is 18.0 Å². The molecule has 1 aromatic rings. The van der Waals surface area contributed by atoms with E-state index in [1.165, 1.54) is 0 Å². The minimum absolute atomic E-state index is 0. The molecule has 0 aliphatic heterocycles. The van der Waals surface area contributed by atoms with Crippen LogP contribution in [0.5, 0.6) is 0 Å². The van der Waals surface area contributed by atoms with E-state index in [9.17, 15) is 14.7 Å². The van der Waals surface area contributed by atoms with Crippen molar-refractivity contribution in [2.75, 3.05) is 0 Å². The zero-order valence-electron chi connectivity index (χ0n) is 15.6. The number of ether oxygens (including phenoxy) is 1. The van der Waals surface area contributed by atoms with Crippen LogP contribution in [0.15, 0.2) is 0 Å². The number of hydrogen-bond acceptors (Lipinski definition) is 4. The number of benzene rings is 1. The second-order valence-corrected chi connectivity index (χ2v) is 9.05. The Morgan fingerprint density at radius 1 is 0.889 bits per heavy atom. The molecule has 0 aromatic heterocycles. The topological polar surface area (TPSA) is 66.4 Å². The molecular formula is C18H19Cl4NaO4. The van der Waals surface area contributed by atoms with Gasteiger partial charge in [0.2, 0.25) is 0 Å². The number of carbonyl (C=O) groups is 2. The van der Waals surface area contributed by atoms with E-state index < -0.39 is 28.1 Å². The monoisotopic (exact) mass is 462 g/mol. The molecule has 0 saturated heterocycles. The van der Waals surface area contributed by atoms with E-state index in [0.29, 0.717) is 18.8 Å². The summed E-state index contributed by atoms with van der Waals surface area (Å²) in [6, 6.07) is 0. The predicted octanol–water partition coefficient (Wildman–Crippen LogP) is 2.43. The van der Waals surface area contributed by atoms with Gasteiger partial charge in [-0.05, 0) is 37.0 Å². The molecule has 0 atom stereocenters. The number of hydrogen-bond donors (Lipinski definition) is 0. The van der Waals surface area contributed by atoms with E-state index in [2.05, 4.69) is 20.8 Å². The number of carboxylic acid groups (broad SMARTS) is 1. The van der Waals surface area contributed by atoms with Gasteiger partial charge in [0.25, 0.3) is 0 Å². The summed E-state index contributed by atoms with van der Waals surface area (Å²) < 4.78 is 5.49. The normalized spacial score (nSPS) is 20.0. The summed E-state index contributed by atoms with van der Waals surface area (Å²) in [6.45, 7) is 6.56. The number of halogens is 4. The van der Waals surface area contributed by atoms with Gasteiger partial charge >= 0.3 is 35.5 Å². The largest absolute Gasteiger partial charge is 1.00 e. The Morgan fingerprint density at radius 3 is 1.74 bits per heavy atom. The van der Waals surface area contributed by atoms with Crippen LogP contribution in [0.1, 0.15) is 67.2 Å². The van der Waals surface area contributed by atoms with Crippen LogP contribution in [0.25, 0.3) is 0 Å². The molecule has 1 saturated carbocycles. The Hall–Kier alpha value is 0.320. The number of aromatic carboxylic acids is 1. The molecule has 27 heavy (non-hydrogen) atoms. The van der Waals surface area contributed by atoms with Crippen molar-refractivity contribution in [2.45, 2.75) is 52.6 Å². The molecule has 1 aromatic carbocycles. The van der Waals surface area contributed by atoms with E-state index in [1.54, 1.807) is 0 Å². The summed E-state index contributed by atoms with van der Waals surface area (Å²) in [6.07, 6.45) is 2.91. The number of esters is 1. The van der Waals surface area contributed by atoms with Gasteiger partial charge in [-0.25, -0.2) is 4.79 Å². The van der Waals surface area contributed by atoms with E-state index >= 15 is 0 Å². The van der Waals surface area contributed by atoms with Gasteiger partial charge in [-0.2, -0.15) is 0 Å². The third-order valence-corrected chi connectivity index (χ3v) is 6.65. The molecule has 144 valence electrons. The molecule has 1 aliphatic carbocycles. The van der Waals surface area contributed by atoms with E-state index in [0.717, 1.165) is 12.8 Å². The quantitative estimate of drug-likeness (QED) is 0.299. The number of carbonyl (C=O) groups excluding carboxylic acids is 2. The summed E-state index contributed by atoms with van der Waals surface area (Å²) in [5.41, 5.74) is -0.846. The Bertz CT molecular complexity index is 738. The molecule has 0 unspecified atom stereocenters. The van der Waals surface area contributed by atoms with Gasteiger partial charge < -0.3 is 14.6 Å². The van der Waals surface area contributed by atoms with Crippen molar-refractivity contribution in [3.05, 3.63) is 31.2 Å². The zero-order chi connectivity index (χ0) is 19.8. The van der Waals surface area contributed by atoms with Crippen LogP contribution in [0.3, 0.4) is 0 Å². The Morgan fingerprint density at radius 2 is 1.33 bits per heavy atom. The SMILES string of the molecule is CC(C)(C)C1CCC(OC(=O)c2c(Cl)c(Cl)c(Cl)c(Cl)c2C(=O)[O-])CC1.[Na+]. The minimum Gasteiger partial charge on any atom is -0.545 e. The molecule has 1 fully saturated rings. The maximum absolute atomic E-state index is 12.6. The van der Waals surface area contributed by atoms with Crippen LogP contribution >= 0.6 is 46.4 Å². The molecular weight excluding hydrogens is 445 g/mol. The Balaban J connectivity index is 0.00000364. The summed E-state index contributed by atoms with van der Waals surface area (Å²) in [4.78, 5) is 24.0. The summed E-state index contributed by atoms with van der Waals surface area (Å²) in [7, 11) is 0.